The summed E-state index contributed by atoms with van der Waals surface area (Å²) >= 11 is 4.95. The molecule has 0 fully saturated rings. The highest BCUT2D eigenvalue weighted by Gasteiger charge is 2.18. The average Bonchev–Trinajstić information content (AvgIpc) is 3.41. The van der Waals surface area contributed by atoms with Crippen molar-refractivity contribution in [2.24, 2.45) is 0 Å². The van der Waals surface area contributed by atoms with Crippen LogP contribution >= 0.6 is 27.3 Å². The molecule has 0 radical (unpaired) electrons. The van der Waals surface area contributed by atoms with Gasteiger partial charge in [-0.2, -0.15) is 0 Å². The van der Waals surface area contributed by atoms with E-state index in [-0.39, 0.29) is 0 Å². The van der Waals surface area contributed by atoms with Gasteiger partial charge in [0.25, 0.3) is 0 Å². The molecular weight excluding hydrogens is 508 g/mol. The van der Waals surface area contributed by atoms with Gasteiger partial charge in [-0.1, -0.05) is 27.2 Å². The van der Waals surface area contributed by atoms with Crippen molar-refractivity contribution in [3.8, 4) is 27.0 Å². The fourth-order valence-corrected chi connectivity index (χ4v) is 4.69. The van der Waals surface area contributed by atoms with E-state index >= 15 is 0 Å². The van der Waals surface area contributed by atoms with E-state index in [1.807, 2.05) is 33.2 Å². The zero-order valence-electron chi connectivity index (χ0n) is 18.4. The normalized spacial score (nSPS) is 10.9. The Kier molecular flexibility index (Phi) is 7.09. The molecule has 3 aromatic heterocycles. The molecule has 0 unspecified atom stereocenters. The van der Waals surface area contributed by atoms with Gasteiger partial charge in [-0.3, -0.25) is 9.51 Å². The maximum atomic E-state index is 11.4. The molecule has 0 atom stereocenters. The Balaban J connectivity index is 1.51. The van der Waals surface area contributed by atoms with Gasteiger partial charge in [0.05, 0.1) is 17.2 Å². The summed E-state index contributed by atoms with van der Waals surface area (Å²) in [6.07, 6.45) is 2.37. The highest BCUT2D eigenvalue weighted by atomic mass is 79.9. The van der Waals surface area contributed by atoms with Crippen LogP contribution in [0, 0.1) is 0 Å². The van der Waals surface area contributed by atoms with E-state index in [2.05, 4.69) is 69.0 Å². The van der Waals surface area contributed by atoms with E-state index in [0.717, 1.165) is 33.8 Å². The summed E-state index contributed by atoms with van der Waals surface area (Å²) in [5, 5.41) is 7.17. The molecule has 11 heteroatoms. The van der Waals surface area contributed by atoms with Crippen LogP contribution < -0.4 is 20.7 Å². The standard InChI is InChI=1S/C22H23BrN6O3S/c1-4-31-17-11-18(33-20(17)21-27-22(30)32-28-21)15-10-19(26-12-25-15)24-8-7-13-5-6-14(23)9-16(13)29(2)3/h5-6,9-12H,4,7-8H2,1-3H3,(H,24,25,26)(H,27,28,30). The van der Waals surface area contributed by atoms with E-state index in [1.54, 1.807) is 0 Å². The van der Waals surface area contributed by atoms with Crippen LogP contribution in [0.2, 0.25) is 0 Å². The number of benzene rings is 1. The van der Waals surface area contributed by atoms with E-state index in [0.29, 0.717) is 23.1 Å². The van der Waals surface area contributed by atoms with Crippen molar-refractivity contribution in [1.29, 1.82) is 0 Å². The molecule has 3 heterocycles. The molecule has 33 heavy (non-hydrogen) atoms. The zero-order chi connectivity index (χ0) is 23.4. The SMILES string of the molecule is CCOc1cc(-c2cc(NCCc3ccc(Br)cc3N(C)C)ncn2)sc1-c1noc(=O)[nH]1. The Labute approximate surface area is 203 Å². The van der Waals surface area contributed by atoms with E-state index < -0.39 is 5.76 Å². The second-order valence-electron chi connectivity index (χ2n) is 7.31. The Morgan fingerprint density at radius 2 is 2.09 bits per heavy atom. The Hall–Kier alpha value is -3.18. The lowest BCUT2D eigenvalue weighted by Crippen LogP contribution is -2.14. The lowest BCUT2D eigenvalue weighted by Gasteiger charge is -2.18. The summed E-state index contributed by atoms with van der Waals surface area (Å²) in [4.78, 5) is 26.4. The Bertz CT molecular complexity index is 1300. The average molecular weight is 531 g/mol. The molecule has 0 amide bonds. The molecular formula is C22H23BrN6O3S. The second kappa shape index (κ2) is 10.2. The number of ether oxygens (including phenoxy) is 1. The first kappa shape index (κ1) is 23.0. The number of hydrogen-bond donors (Lipinski definition) is 2. The predicted octanol–water partition coefficient (Wildman–Crippen LogP) is 4.43. The van der Waals surface area contributed by atoms with Crippen molar-refractivity contribution in [3.05, 3.63) is 57.2 Å². The lowest BCUT2D eigenvalue weighted by atomic mass is 10.1. The van der Waals surface area contributed by atoms with Crippen molar-refractivity contribution >= 4 is 38.8 Å². The summed E-state index contributed by atoms with van der Waals surface area (Å²) < 4.78 is 11.4. The van der Waals surface area contributed by atoms with Gasteiger partial charge < -0.3 is 15.0 Å². The maximum Gasteiger partial charge on any atom is 0.439 e. The number of H-pyrrole nitrogens is 1. The molecule has 1 aromatic carbocycles. The molecule has 4 rings (SSSR count). The summed E-state index contributed by atoms with van der Waals surface area (Å²) in [5.74, 6) is 1.06. The highest BCUT2D eigenvalue weighted by molar-refractivity contribution is 9.10. The van der Waals surface area contributed by atoms with Crippen LogP contribution in [0.25, 0.3) is 21.3 Å². The van der Waals surface area contributed by atoms with Crippen molar-refractivity contribution < 1.29 is 9.26 Å². The third-order valence-corrected chi connectivity index (χ3v) is 6.44. The number of nitrogens with zero attached hydrogens (tertiary/aromatic N) is 4. The van der Waals surface area contributed by atoms with Crippen LogP contribution in [0.1, 0.15) is 12.5 Å². The largest absolute Gasteiger partial charge is 0.492 e. The van der Waals surface area contributed by atoms with E-state index in [1.165, 1.54) is 28.9 Å². The fraction of sp³-hybridized carbons (Fsp3) is 0.273. The minimum absolute atomic E-state index is 0.332. The molecule has 0 aliphatic heterocycles. The summed E-state index contributed by atoms with van der Waals surface area (Å²) in [5.41, 5.74) is 3.17. The summed E-state index contributed by atoms with van der Waals surface area (Å²) in [7, 11) is 4.08. The smallest absolute Gasteiger partial charge is 0.439 e. The fourth-order valence-electron chi connectivity index (χ4n) is 3.33. The van der Waals surface area contributed by atoms with Crippen molar-refractivity contribution in [2.75, 3.05) is 37.5 Å². The number of halogens is 1. The van der Waals surface area contributed by atoms with Crippen LogP contribution in [-0.2, 0) is 6.42 Å². The number of hydrogen-bond acceptors (Lipinski definition) is 9. The third-order valence-electron chi connectivity index (χ3n) is 4.80. The molecule has 0 aliphatic carbocycles. The number of aromatic amines is 1. The topological polar surface area (TPSA) is 109 Å². The van der Waals surface area contributed by atoms with Gasteiger partial charge >= 0.3 is 5.76 Å². The lowest BCUT2D eigenvalue weighted by molar-refractivity contribution is 0.342. The first-order valence-corrected chi connectivity index (χ1v) is 11.9. The molecule has 0 saturated carbocycles. The third kappa shape index (κ3) is 5.42. The minimum Gasteiger partial charge on any atom is -0.492 e. The minimum atomic E-state index is -0.612. The first-order valence-electron chi connectivity index (χ1n) is 10.3. The molecule has 9 nitrogen and oxygen atoms in total. The van der Waals surface area contributed by atoms with Crippen molar-refractivity contribution in [2.45, 2.75) is 13.3 Å². The van der Waals surface area contributed by atoms with Gasteiger partial charge in [-0.15, -0.1) is 11.3 Å². The maximum absolute atomic E-state index is 11.4. The van der Waals surface area contributed by atoms with Crippen LogP contribution in [0.4, 0.5) is 11.5 Å². The van der Waals surface area contributed by atoms with Gasteiger partial charge in [0.15, 0.2) is 5.82 Å². The Morgan fingerprint density at radius 3 is 2.82 bits per heavy atom. The molecule has 172 valence electrons. The van der Waals surface area contributed by atoms with Crippen LogP contribution in [-0.4, -0.2) is 47.4 Å². The predicted molar refractivity (Wildman–Crippen MR) is 133 cm³/mol. The van der Waals surface area contributed by atoms with Gasteiger partial charge in [0.1, 0.15) is 22.8 Å². The first-order chi connectivity index (χ1) is 15.9. The summed E-state index contributed by atoms with van der Waals surface area (Å²) in [6, 6.07) is 10.1. The van der Waals surface area contributed by atoms with Gasteiger partial charge in [0, 0.05) is 42.9 Å². The second-order valence-corrected chi connectivity index (χ2v) is 9.28. The van der Waals surface area contributed by atoms with E-state index in [4.69, 9.17) is 4.74 Å². The van der Waals surface area contributed by atoms with E-state index in [9.17, 15) is 4.79 Å². The number of aromatic nitrogens is 4. The number of nitrogens with one attached hydrogen (secondary N) is 2. The number of thiophene rings is 1. The zero-order valence-corrected chi connectivity index (χ0v) is 20.8. The van der Waals surface area contributed by atoms with Gasteiger partial charge in [-0.25, -0.2) is 14.8 Å². The molecule has 0 spiro atoms. The van der Waals surface area contributed by atoms with Gasteiger partial charge in [0.2, 0.25) is 0 Å². The molecule has 0 bridgehead atoms. The highest BCUT2D eigenvalue weighted by Crippen LogP contribution is 2.41. The van der Waals surface area contributed by atoms with Crippen LogP contribution in [0.5, 0.6) is 5.75 Å². The van der Waals surface area contributed by atoms with Gasteiger partial charge in [-0.05, 0) is 31.0 Å². The molecule has 2 N–H and O–H groups in total. The number of rotatable bonds is 9. The van der Waals surface area contributed by atoms with Crippen molar-refractivity contribution in [3.63, 3.8) is 0 Å². The Morgan fingerprint density at radius 1 is 1.24 bits per heavy atom. The van der Waals surface area contributed by atoms with Crippen LogP contribution in [0.3, 0.4) is 0 Å². The quantitative estimate of drug-likeness (QED) is 0.327. The van der Waals surface area contributed by atoms with Crippen molar-refractivity contribution in [1.82, 2.24) is 20.1 Å². The monoisotopic (exact) mass is 530 g/mol. The van der Waals surface area contributed by atoms with Crippen LogP contribution in [0.15, 0.2) is 50.4 Å². The number of anilines is 2. The summed E-state index contributed by atoms with van der Waals surface area (Å²) in [6.45, 7) is 3.10. The molecule has 4 aromatic rings. The molecule has 0 aliphatic rings. The molecule has 0 saturated heterocycles.